The van der Waals surface area contributed by atoms with E-state index in [9.17, 15) is 0 Å². The first-order valence-corrected chi connectivity index (χ1v) is 7.61. The van der Waals surface area contributed by atoms with Gasteiger partial charge in [0, 0.05) is 23.1 Å². The second kappa shape index (κ2) is 5.79. The molecule has 0 aliphatic heterocycles. The number of rotatable bonds is 4. The van der Waals surface area contributed by atoms with Crippen molar-refractivity contribution in [3.05, 3.63) is 36.0 Å². The molecule has 102 valence electrons. The van der Waals surface area contributed by atoms with Crippen LogP contribution in [-0.2, 0) is 6.42 Å². The highest BCUT2D eigenvalue weighted by molar-refractivity contribution is 5.83. The second-order valence-electron chi connectivity index (χ2n) is 6.02. The van der Waals surface area contributed by atoms with E-state index in [1.165, 1.54) is 42.1 Å². The van der Waals surface area contributed by atoms with Gasteiger partial charge in [0.25, 0.3) is 0 Å². The molecule has 1 heterocycles. The van der Waals surface area contributed by atoms with Gasteiger partial charge in [-0.2, -0.15) is 0 Å². The van der Waals surface area contributed by atoms with Crippen LogP contribution in [0.4, 0.5) is 0 Å². The maximum atomic E-state index is 3.73. The number of nitrogens with one attached hydrogen (secondary N) is 2. The molecule has 0 amide bonds. The van der Waals surface area contributed by atoms with Crippen LogP contribution in [0.2, 0.25) is 0 Å². The highest BCUT2D eigenvalue weighted by Gasteiger charge is 2.17. The lowest BCUT2D eigenvalue weighted by Gasteiger charge is -2.27. The number of para-hydroxylation sites is 1. The molecule has 2 nitrogen and oxygen atoms in total. The molecular formula is C17H24N2. The van der Waals surface area contributed by atoms with Crippen molar-refractivity contribution in [3.8, 4) is 0 Å². The first-order chi connectivity index (χ1) is 9.33. The fourth-order valence-electron chi connectivity index (χ4n) is 3.21. The van der Waals surface area contributed by atoms with E-state index in [1.54, 1.807) is 0 Å². The van der Waals surface area contributed by atoms with Gasteiger partial charge in [-0.3, -0.25) is 0 Å². The van der Waals surface area contributed by atoms with Crippen molar-refractivity contribution < 1.29 is 0 Å². The Morgan fingerprint density at radius 1 is 1.16 bits per heavy atom. The normalized spacial score (nSPS) is 23.8. The van der Waals surface area contributed by atoms with Crippen LogP contribution in [0.3, 0.4) is 0 Å². The van der Waals surface area contributed by atoms with Gasteiger partial charge in [-0.05, 0) is 56.2 Å². The van der Waals surface area contributed by atoms with Crippen LogP contribution >= 0.6 is 0 Å². The number of benzene rings is 1. The summed E-state index contributed by atoms with van der Waals surface area (Å²) >= 11 is 0. The molecule has 19 heavy (non-hydrogen) atoms. The van der Waals surface area contributed by atoms with Gasteiger partial charge in [0.15, 0.2) is 0 Å². The van der Waals surface area contributed by atoms with Gasteiger partial charge < -0.3 is 10.3 Å². The third-order valence-electron chi connectivity index (χ3n) is 4.52. The molecule has 0 saturated heterocycles. The van der Waals surface area contributed by atoms with Crippen molar-refractivity contribution in [2.75, 3.05) is 6.54 Å². The van der Waals surface area contributed by atoms with Crippen LogP contribution in [0.15, 0.2) is 30.5 Å². The van der Waals surface area contributed by atoms with E-state index < -0.39 is 0 Å². The number of hydrogen-bond acceptors (Lipinski definition) is 1. The first kappa shape index (κ1) is 12.7. The van der Waals surface area contributed by atoms with Crippen LogP contribution < -0.4 is 5.32 Å². The van der Waals surface area contributed by atoms with Gasteiger partial charge in [0.05, 0.1) is 0 Å². The lowest BCUT2D eigenvalue weighted by atomic mass is 9.87. The number of H-pyrrole nitrogens is 1. The molecule has 1 saturated carbocycles. The summed E-state index contributed by atoms with van der Waals surface area (Å²) in [5, 5.41) is 5.11. The largest absolute Gasteiger partial charge is 0.361 e. The Bertz CT molecular complexity index is 521. The van der Waals surface area contributed by atoms with Crippen molar-refractivity contribution >= 4 is 10.9 Å². The van der Waals surface area contributed by atoms with Crippen LogP contribution in [0.1, 0.15) is 38.2 Å². The molecular weight excluding hydrogens is 232 g/mol. The molecule has 0 bridgehead atoms. The summed E-state index contributed by atoms with van der Waals surface area (Å²) in [6.07, 6.45) is 8.78. The van der Waals surface area contributed by atoms with Gasteiger partial charge >= 0.3 is 0 Å². The molecule has 1 aliphatic carbocycles. The topological polar surface area (TPSA) is 27.8 Å². The predicted octanol–water partition coefficient (Wildman–Crippen LogP) is 3.88. The molecule has 2 heteroatoms. The summed E-state index contributed by atoms with van der Waals surface area (Å²) in [6.45, 7) is 3.48. The van der Waals surface area contributed by atoms with Crippen molar-refractivity contribution in [2.45, 2.75) is 45.1 Å². The minimum atomic E-state index is 0.751. The minimum Gasteiger partial charge on any atom is -0.361 e. The SMILES string of the molecule is CC1CCC(NCCc2c[nH]c3ccccc23)CC1. The van der Waals surface area contributed by atoms with Gasteiger partial charge in [-0.1, -0.05) is 25.1 Å². The Balaban J connectivity index is 1.52. The monoisotopic (exact) mass is 256 g/mol. The van der Waals surface area contributed by atoms with Crippen molar-refractivity contribution in [1.29, 1.82) is 0 Å². The molecule has 1 aliphatic rings. The van der Waals surface area contributed by atoms with Gasteiger partial charge in [0.2, 0.25) is 0 Å². The van der Waals surface area contributed by atoms with Crippen molar-refractivity contribution in [1.82, 2.24) is 10.3 Å². The first-order valence-electron chi connectivity index (χ1n) is 7.61. The van der Waals surface area contributed by atoms with E-state index in [0.29, 0.717) is 0 Å². The number of hydrogen-bond donors (Lipinski definition) is 2. The molecule has 0 radical (unpaired) electrons. The van der Waals surface area contributed by atoms with Crippen molar-refractivity contribution in [3.63, 3.8) is 0 Å². The summed E-state index contributed by atoms with van der Waals surface area (Å²) in [6, 6.07) is 9.32. The zero-order valence-corrected chi connectivity index (χ0v) is 11.8. The number of fused-ring (bicyclic) bond motifs is 1. The van der Waals surface area contributed by atoms with E-state index in [0.717, 1.165) is 24.9 Å². The Morgan fingerprint density at radius 2 is 1.95 bits per heavy atom. The Labute approximate surface area is 115 Å². The summed E-state index contributed by atoms with van der Waals surface area (Å²) in [4.78, 5) is 3.35. The summed E-state index contributed by atoms with van der Waals surface area (Å²) < 4.78 is 0. The average Bonchev–Trinajstić information content (AvgIpc) is 2.85. The lowest BCUT2D eigenvalue weighted by Crippen LogP contribution is -2.34. The Hall–Kier alpha value is -1.28. The predicted molar refractivity (Wildman–Crippen MR) is 81.4 cm³/mol. The molecule has 1 aromatic carbocycles. The quantitative estimate of drug-likeness (QED) is 0.853. The molecule has 2 aromatic rings. The molecule has 3 rings (SSSR count). The smallest absolute Gasteiger partial charge is 0.0456 e. The number of aromatic nitrogens is 1. The Morgan fingerprint density at radius 3 is 2.79 bits per heavy atom. The molecule has 1 aromatic heterocycles. The van der Waals surface area contributed by atoms with Gasteiger partial charge in [0.1, 0.15) is 0 Å². The summed E-state index contributed by atoms with van der Waals surface area (Å²) in [5.74, 6) is 0.937. The zero-order valence-electron chi connectivity index (χ0n) is 11.8. The second-order valence-corrected chi connectivity index (χ2v) is 6.02. The fraction of sp³-hybridized carbons (Fsp3) is 0.529. The standard InChI is InChI=1S/C17H24N2/c1-13-6-8-15(9-7-13)18-11-10-14-12-19-17-5-3-2-4-16(14)17/h2-5,12-13,15,18-19H,6-11H2,1H3. The minimum absolute atomic E-state index is 0.751. The summed E-state index contributed by atoms with van der Waals surface area (Å²) in [5.41, 5.74) is 2.69. The lowest BCUT2D eigenvalue weighted by molar-refractivity contribution is 0.309. The van der Waals surface area contributed by atoms with Crippen LogP contribution in [-0.4, -0.2) is 17.6 Å². The van der Waals surface area contributed by atoms with Crippen LogP contribution in [0, 0.1) is 5.92 Å². The van der Waals surface area contributed by atoms with Crippen LogP contribution in [0.25, 0.3) is 10.9 Å². The summed E-state index contributed by atoms with van der Waals surface area (Å²) in [7, 11) is 0. The third-order valence-corrected chi connectivity index (χ3v) is 4.52. The molecule has 1 fully saturated rings. The van der Waals surface area contributed by atoms with E-state index >= 15 is 0 Å². The van der Waals surface area contributed by atoms with E-state index in [4.69, 9.17) is 0 Å². The van der Waals surface area contributed by atoms with Gasteiger partial charge in [-0.25, -0.2) is 0 Å². The van der Waals surface area contributed by atoms with E-state index in [-0.39, 0.29) is 0 Å². The van der Waals surface area contributed by atoms with Gasteiger partial charge in [-0.15, -0.1) is 0 Å². The highest BCUT2D eigenvalue weighted by Crippen LogP contribution is 2.23. The maximum Gasteiger partial charge on any atom is 0.0456 e. The molecule has 0 atom stereocenters. The molecule has 0 unspecified atom stereocenters. The van der Waals surface area contributed by atoms with E-state index in [2.05, 4.69) is 47.7 Å². The zero-order chi connectivity index (χ0) is 13.1. The molecule has 0 spiro atoms. The fourth-order valence-corrected chi connectivity index (χ4v) is 3.21. The van der Waals surface area contributed by atoms with E-state index in [1.807, 2.05) is 0 Å². The number of aromatic amines is 1. The molecule has 2 N–H and O–H groups in total. The average molecular weight is 256 g/mol. The van der Waals surface area contributed by atoms with Crippen LogP contribution in [0.5, 0.6) is 0 Å². The Kier molecular flexibility index (Phi) is 3.88. The highest BCUT2D eigenvalue weighted by atomic mass is 14.9. The van der Waals surface area contributed by atoms with Crippen molar-refractivity contribution in [2.24, 2.45) is 5.92 Å². The third kappa shape index (κ3) is 3.01. The maximum absolute atomic E-state index is 3.73.